The number of hydrogen-bond acceptors (Lipinski definition) is 3. The highest BCUT2D eigenvalue weighted by Gasteiger charge is 2.16. The Morgan fingerprint density at radius 3 is 2.88 bits per heavy atom. The third-order valence-electron chi connectivity index (χ3n) is 2.77. The van der Waals surface area contributed by atoms with Crippen molar-refractivity contribution in [1.29, 1.82) is 0 Å². The first-order valence-corrected chi connectivity index (χ1v) is 7.16. The number of Topliss-reactive ketones (excluding diaryl/α,β-unsaturated/α-hetero) is 1. The van der Waals surface area contributed by atoms with E-state index in [1.54, 1.807) is 23.9 Å². The summed E-state index contributed by atoms with van der Waals surface area (Å²) in [6.07, 6.45) is 2.10. The summed E-state index contributed by atoms with van der Waals surface area (Å²) in [5, 5.41) is 1.18. The van der Waals surface area contributed by atoms with E-state index in [0.717, 1.165) is 26.1 Å². The van der Waals surface area contributed by atoms with E-state index in [1.807, 2.05) is 12.1 Å². The maximum atomic E-state index is 11.9. The number of halogens is 1. The van der Waals surface area contributed by atoms with Gasteiger partial charge in [-0.25, -0.2) is 0 Å². The van der Waals surface area contributed by atoms with Crippen molar-refractivity contribution in [3.8, 4) is 0 Å². The van der Waals surface area contributed by atoms with Crippen LogP contribution in [0.15, 0.2) is 24.3 Å². The van der Waals surface area contributed by atoms with E-state index in [0.29, 0.717) is 21.6 Å². The summed E-state index contributed by atoms with van der Waals surface area (Å²) >= 11 is 7.60. The van der Waals surface area contributed by atoms with Gasteiger partial charge >= 0.3 is 0 Å². The number of carbonyl (C=O) groups excluding carboxylic acids is 1. The van der Waals surface area contributed by atoms with E-state index in [2.05, 4.69) is 0 Å². The number of thioether (sulfide) groups is 1. The second kappa shape index (κ2) is 6.43. The molecule has 0 saturated carbocycles. The van der Waals surface area contributed by atoms with Gasteiger partial charge in [0.15, 0.2) is 5.78 Å². The molecule has 0 aliphatic carbocycles. The van der Waals surface area contributed by atoms with Crippen LogP contribution in [0.4, 0.5) is 0 Å². The summed E-state index contributed by atoms with van der Waals surface area (Å²) in [6, 6.07) is 7.14. The van der Waals surface area contributed by atoms with Crippen molar-refractivity contribution in [3.63, 3.8) is 0 Å². The lowest BCUT2D eigenvalue weighted by atomic mass is 10.1. The Morgan fingerprint density at radius 2 is 2.18 bits per heavy atom. The molecule has 17 heavy (non-hydrogen) atoms. The van der Waals surface area contributed by atoms with Crippen LogP contribution >= 0.6 is 23.4 Å². The monoisotopic (exact) mass is 270 g/mol. The normalized spacial score (nSPS) is 17.0. The van der Waals surface area contributed by atoms with E-state index in [4.69, 9.17) is 16.3 Å². The highest BCUT2D eigenvalue weighted by Crippen LogP contribution is 2.23. The molecular weight excluding hydrogens is 256 g/mol. The molecule has 0 radical (unpaired) electrons. The number of ketones is 1. The Balaban J connectivity index is 1.84. The number of rotatable bonds is 4. The second-order valence-corrected chi connectivity index (χ2v) is 5.78. The summed E-state index contributed by atoms with van der Waals surface area (Å²) < 4.78 is 5.29. The van der Waals surface area contributed by atoms with Crippen LogP contribution in [0.1, 0.15) is 23.2 Å². The van der Waals surface area contributed by atoms with Crippen molar-refractivity contribution in [2.45, 2.75) is 18.1 Å². The van der Waals surface area contributed by atoms with Crippen LogP contribution in [0.3, 0.4) is 0 Å². The van der Waals surface area contributed by atoms with Crippen LogP contribution < -0.4 is 0 Å². The molecule has 1 aromatic carbocycles. The van der Waals surface area contributed by atoms with Gasteiger partial charge < -0.3 is 4.74 Å². The minimum atomic E-state index is 0.156. The minimum absolute atomic E-state index is 0.156. The van der Waals surface area contributed by atoms with Gasteiger partial charge in [0, 0.05) is 29.0 Å². The van der Waals surface area contributed by atoms with E-state index < -0.39 is 0 Å². The highest BCUT2D eigenvalue weighted by molar-refractivity contribution is 8.00. The number of ether oxygens (including phenoxy) is 1. The Hall–Kier alpha value is -0.510. The molecule has 1 saturated heterocycles. The molecule has 0 atom stereocenters. The van der Waals surface area contributed by atoms with Crippen LogP contribution in [-0.4, -0.2) is 30.0 Å². The van der Waals surface area contributed by atoms with Crippen LogP contribution in [0.5, 0.6) is 0 Å². The molecule has 1 heterocycles. The molecule has 1 aliphatic rings. The van der Waals surface area contributed by atoms with Gasteiger partial charge in [-0.2, -0.15) is 11.8 Å². The Kier molecular flexibility index (Phi) is 4.89. The largest absolute Gasteiger partial charge is 0.381 e. The average molecular weight is 271 g/mol. The molecule has 2 rings (SSSR count). The molecule has 1 fully saturated rings. The highest BCUT2D eigenvalue weighted by atomic mass is 35.5. The van der Waals surface area contributed by atoms with Gasteiger partial charge in [-0.05, 0) is 25.0 Å². The zero-order valence-electron chi connectivity index (χ0n) is 9.52. The molecule has 0 bridgehead atoms. The fraction of sp³-hybridized carbons (Fsp3) is 0.462. The number of benzene rings is 1. The molecule has 1 aromatic rings. The molecule has 1 aliphatic heterocycles. The number of carbonyl (C=O) groups is 1. The summed E-state index contributed by atoms with van der Waals surface area (Å²) in [6.45, 7) is 1.64. The maximum Gasteiger partial charge on any atom is 0.172 e. The lowest BCUT2D eigenvalue weighted by Crippen LogP contribution is -2.19. The smallest absolute Gasteiger partial charge is 0.172 e. The topological polar surface area (TPSA) is 26.3 Å². The van der Waals surface area contributed by atoms with Crippen molar-refractivity contribution < 1.29 is 9.53 Å². The average Bonchev–Trinajstić information content (AvgIpc) is 2.37. The van der Waals surface area contributed by atoms with Crippen molar-refractivity contribution in [3.05, 3.63) is 34.9 Å². The first-order valence-electron chi connectivity index (χ1n) is 5.74. The Bertz CT molecular complexity index is 389. The zero-order valence-corrected chi connectivity index (χ0v) is 11.1. The molecule has 92 valence electrons. The quantitative estimate of drug-likeness (QED) is 0.784. The standard InChI is InChI=1S/C13H15ClO2S/c14-11-3-1-2-10(8-11)13(15)9-17-12-4-6-16-7-5-12/h1-3,8,12H,4-7,9H2. The third-order valence-corrected chi connectivity index (χ3v) is 4.37. The predicted octanol–water partition coefficient (Wildman–Crippen LogP) is 3.43. The van der Waals surface area contributed by atoms with Gasteiger partial charge in [-0.1, -0.05) is 23.7 Å². The molecule has 4 heteroatoms. The van der Waals surface area contributed by atoms with Gasteiger partial charge in [-0.15, -0.1) is 0 Å². The van der Waals surface area contributed by atoms with Gasteiger partial charge in [0.05, 0.1) is 5.75 Å². The van der Waals surface area contributed by atoms with Gasteiger partial charge in [0.25, 0.3) is 0 Å². The summed E-state index contributed by atoms with van der Waals surface area (Å²) in [7, 11) is 0. The van der Waals surface area contributed by atoms with Crippen LogP contribution in [0.25, 0.3) is 0 Å². The second-order valence-electron chi connectivity index (χ2n) is 4.06. The maximum absolute atomic E-state index is 11.9. The van der Waals surface area contributed by atoms with Gasteiger partial charge in [0.2, 0.25) is 0 Å². The minimum Gasteiger partial charge on any atom is -0.381 e. The molecule has 0 spiro atoms. The summed E-state index contributed by atoms with van der Waals surface area (Å²) in [5.74, 6) is 0.689. The molecule has 0 unspecified atom stereocenters. The SMILES string of the molecule is O=C(CSC1CCOCC1)c1cccc(Cl)c1. The molecule has 0 aromatic heterocycles. The van der Waals surface area contributed by atoms with E-state index in [1.165, 1.54) is 0 Å². The molecule has 2 nitrogen and oxygen atoms in total. The lowest BCUT2D eigenvalue weighted by molar-refractivity contribution is 0.0988. The van der Waals surface area contributed by atoms with Crippen molar-refractivity contribution in [2.24, 2.45) is 0 Å². The molecule has 0 amide bonds. The Morgan fingerprint density at radius 1 is 1.41 bits per heavy atom. The van der Waals surface area contributed by atoms with E-state index >= 15 is 0 Å². The van der Waals surface area contributed by atoms with Crippen molar-refractivity contribution in [1.82, 2.24) is 0 Å². The Labute approximate surface area is 111 Å². The van der Waals surface area contributed by atoms with Gasteiger partial charge in [-0.3, -0.25) is 4.79 Å². The fourth-order valence-electron chi connectivity index (χ4n) is 1.78. The third kappa shape index (κ3) is 4.02. The molecule has 0 N–H and O–H groups in total. The van der Waals surface area contributed by atoms with E-state index in [-0.39, 0.29) is 5.78 Å². The van der Waals surface area contributed by atoms with Crippen molar-refractivity contribution >= 4 is 29.1 Å². The predicted molar refractivity (Wildman–Crippen MR) is 72.1 cm³/mol. The molecular formula is C13H15ClO2S. The first-order chi connectivity index (χ1) is 8.25. The lowest BCUT2D eigenvalue weighted by Gasteiger charge is -2.21. The van der Waals surface area contributed by atoms with Crippen molar-refractivity contribution in [2.75, 3.05) is 19.0 Å². The summed E-state index contributed by atoms with van der Waals surface area (Å²) in [5.41, 5.74) is 0.706. The first kappa shape index (κ1) is 12.9. The van der Waals surface area contributed by atoms with Crippen LogP contribution in [0, 0.1) is 0 Å². The van der Waals surface area contributed by atoms with Crippen LogP contribution in [0.2, 0.25) is 5.02 Å². The summed E-state index contributed by atoms with van der Waals surface area (Å²) in [4.78, 5) is 11.9. The zero-order chi connectivity index (χ0) is 12.1. The van der Waals surface area contributed by atoms with Crippen LogP contribution in [-0.2, 0) is 4.74 Å². The fourth-order valence-corrected chi connectivity index (χ4v) is 3.05. The number of hydrogen-bond donors (Lipinski definition) is 0. The van der Waals surface area contributed by atoms with E-state index in [9.17, 15) is 4.79 Å². The van der Waals surface area contributed by atoms with Gasteiger partial charge in [0.1, 0.15) is 0 Å².